The van der Waals surface area contributed by atoms with E-state index in [1.807, 2.05) is 0 Å². The van der Waals surface area contributed by atoms with Crippen molar-refractivity contribution < 1.29 is 4.74 Å². The van der Waals surface area contributed by atoms with E-state index in [9.17, 15) is 0 Å². The van der Waals surface area contributed by atoms with Crippen molar-refractivity contribution in [2.45, 2.75) is 58.3 Å². The third-order valence-electron chi connectivity index (χ3n) is 3.50. The molecule has 0 aromatic rings. The Labute approximate surface area is 103 Å². The van der Waals surface area contributed by atoms with Gasteiger partial charge in [-0.15, -0.1) is 0 Å². The van der Waals surface area contributed by atoms with E-state index in [1.54, 1.807) is 0 Å². The number of ether oxygens (including phenoxy) is 1. The lowest BCUT2D eigenvalue weighted by Crippen LogP contribution is -2.36. The maximum atomic E-state index is 5.78. The van der Waals surface area contributed by atoms with E-state index in [-0.39, 0.29) is 0 Å². The fourth-order valence-electron chi connectivity index (χ4n) is 2.09. The van der Waals surface area contributed by atoms with Crippen LogP contribution in [-0.2, 0) is 4.74 Å². The first-order valence-corrected chi connectivity index (χ1v) is 7.59. The first-order chi connectivity index (χ1) is 7.33. The molecule has 1 aliphatic carbocycles. The number of hydrogen-bond donors (Lipinski definition) is 0. The molecule has 2 heteroatoms. The number of alkyl halides is 1. The largest absolute Gasteiger partial charge is 0.381 e. The summed E-state index contributed by atoms with van der Waals surface area (Å²) in [7, 11) is 0. The molecule has 1 aliphatic rings. The van der Waals surface area contributed by atoms with Gasteiger partial charge in [-0.3, -0.25) is 0 Å². The predicted molar refractivity (Wildman–Crippen MR) is 69.7 cm³/mol. The molecular weight excluding hydrogens is 252 g/mol. The van der Waals surface area contributed by atoms with E-state index in [0.717, 1.165) is 18.5 Å². The molecule has 1 saturated carbocycles. The first kappa shape index (κ1) is 13.5. The van der Waals surface area contributed by atoms with Gasteiger partial charge in [0.05, 0.1) is 6.61 Å². The van der Waals surface area contributed by atoms with E-state index in [4.69, 9.17) is 4.74 Å². The second kappa shape index (κ2) is 7.67. The van der Waals surface area contributed by atoms with Crippen LogP contribution in [0.1, 0.15) is 58.3 Å². The van der Waals surface area contributed by atoms with Gasteiger partial charge in [0.15, 0.2) is 0 Å². The Bertz CT molecular complexity index is 149. The highest BCUT2D eigenvalue weighted by atomic mass is 79.9. The Balaban J connectivity index is 1.88. The molecule has 90 valence electrons. The first-order valence-electron chi connectivity index (χ1n) is 6.47. The predicted octanol–water partition coefficient (Wildman–Crippen LogP) is 4.54. The standard InChI is InChI=1S/C13H25BrO/c1-2-3-4-5-6-10-15-12-13(11-14)8-7-9-13/h2-12H2,1H3. The topological polar surface area (TPSA) is 9.23 Å². The molecule has 1 rings (SSSR count). The van der Waals surface area contributed by atoms with Crippen molar-refractivity contribution in [2.75, 3.05) is 18.5 Å². The van der Waals surface area contributed by atoms with Crippen LogP contribution in [0, 0.1) is 5.41 Å². The minimum absolute atomic E-state index is 0.503. The van der Waals surface area contributed by atoms with Crippen LogP contribution in [-0.4, -0.2) is 18.5 Å². The Kier molecular flexibility index (Phi) is 6.91. The van der Waals surface area contributed by atoms with Crippen LogP contribution >= 0.6 is 15.9 Å². The summed E-state index contributed by atoms with van der Waals surface area (Å²) < 4.78 is 5.78. The van der Waals surface area contributed by atoms with Gasteiger partial charge in [-0.05, 0) is 19.3 Å². The zero-order chi connectivity index (χ0) is 11.0. The van der Waals surface area contributed by atoms with Gasteiger partial charge in [0.25, 0.3) is 0 Å². The second-order valence-electron chi connectivity index (χ2n) is 4.95. The fourth-order valence-corrected chi connectivity index (χ4v) is 2.81. The molecule has 0 radical (unpaired) electrons. The molecule has 0 bridgehead atoms. The summed E-state index contributed by atoms with van der Waals surface area (Å²) in [5.74, 6) is 0. The minimum Gasteiger partial charge on any atom is -0.381 e. The summed E-state index contributed by atoms with van der Waals surface area (Å²) in [6.07, 6.45) is 10.8. The van der Waals surface area contributed by atoms with Crippen molar-refractivity contribution in [1.29, 1.82) is 0 Å². The maximum Gasteiger partial charge on any atom is 0.0530 e. The van der Waals surface area contributed by atoms with E-state index >= 15 is 0 Å². The molecule has 0 atom stereocenters. The van der Waals surface area contributed by atoms with Gasteiger partial charge in [-0.25, -0.2) is 0 Å². The number of unbranched alkanes of at least 4 members (excludes halogenated alkanes) is 4. The second-order valence-corrected chi connectivity index (χ2v) is 5.51. The quantitative estimate of drug-likeness (QED) is 0.444. The van der Waals surface area contributed by atoms with Crippen molar-refractivity contribution >= 4 is 15.9 Å². The zero-order valence-corrected chi connectivity index (χ0v) is 11.7. The highest BCUT2D eigenvalue weighted by molar-refractivity contribution is 9.09. The lowest BCUT2D eigenvalue weighted by atomic mass is 9.71. The zero-order valence-electron chi connectivity index (χ0n) is 10.1. The number of halogens is 1. The molecule has 0 unspecified atom stereocenters. The van der Waals surface area contributed by atoms with Crippen LogP contribution in [0.4, 0.5) is 0 Å². The van der Waals surface area contributed by atoms with E-state index in [2.05, 4.69) is 22.9 Å². The lowest BCUT2D eigenvalue weighted by molar-refractivity contribution is 0.00955. The Morgan fingerprint density at radius 1 is 1.13 bits per heavy atom. The average molecular weight is 277 g/mol. The highest BCUT2D eigenvalue weighted by Gasteiger charge is 2.35. The molecule has 15 heavy (non-hydrogen) atoms. The minimum atomic E-state index is 0.503. The van der Waals surface area contributed by atoms with Crippen molar-refractivity contribution in [3.05, 3.63) is 0 Å². The summed E-state index contributed by atoms with van der Waals surface area (Å²) in [6, 6.07) is 0. The van der Waals surface area contributed by atoms with Gasteiger partial charge in [-0.1, -0.05) is 55.0 Å². The highest BCUT2D eigenvalue weighted by Crippen LogP contribution is 2.42. The van der Waals surface area contributed by atoms with E-state index < -0.39 is 0 Å². The third-order valence-corrected chi connectivity index (χ3v) is 4.69. The van der Waals surface area contributed by atoms with Crippen LogP contribution in [0.3, 0.4) is 0 Å². The molecule has 0 aliphatic heterocycles. The monoisotopic (exact) mass is 276 g/mol. The molecule has 0 spiro atoms. The summed E-state index contributed by atoms with van der Waals surface area (Å²) in [4.78, 5) is 0. The SMILES string of the molecule is CCCCCCCOCC1(CBr)CCC1. The Hall–Kier alpha value is 0.440. The van der Waals surface area contributed by atoms with Gasteiger partial charge < -0.3 is 4.74 Å². The molecule has 1 nitrogen and oxygen atoms in total. The van der Waals surface area contributed by atoms with Crippen LogP contribution < -0.4 is 0 Å². The number of hydrogen-bond acceptors (Lipinski definition) is 1. The molecular formula is C13H25BrO. The van der Waals surface area contributed by atoms with Crippen LogP contribution in [0.5, 0.6) is 0 Å². The average Bonchev–Trinajstić information content (AvgIpc) is 2.20. The van der Waals surface area contributed by atoms with Gasteiger partial charge in [0.2, 0.25) is 0 Å². The van der Waals surface area contributed by atoms with Crippen LogP contribution in [0.15, 0.2) is 0 Å². The normalized spacial score (nSPS) is 18.8. The fraction of sp³-hybridized carbons (Fsp3) is 1.00. The molecule has 0 aromatic heterocycles. The maximum absolute atomic E-state index is 5.78. The van der Waals surface area contributed by atoms with E-state index in [1.165, 1.54) is 51.4 Å². The smallest absolute Gasteiger partial charge is 0.0530 e. The van der Waals surface area contributed by atoms with Crippen LogP contribution in [0.2, 0.25) is 0 Å². The Morgan fingerprint density at radius 3 is 2.40 bits per heavy atom. The van der Waals surface area contributed by atoms with Crippen molar-refractivity contribution in [2.24, 2.45) is 5.41 Å². The molecule has 0 N–H and O–H groups in total. The van der Waals surface area contributed by atoms with Gasteiger partial charge in [0, 0.05) is 17.4 Å². The molecule has 1 fully saturated rings. The Morgan fingerprint density at radius 2 is 1.87 bits per heavy atom. The van der Waals surface area contributed by atoms with Crippen molar-refractivity contribution in [3.63, 3.8) is 0 Å². The number of rotatable bonds is 9. The summed E-state index contributed by atoms with van der Waals surface area (Å²) in [5, 5.41) is 1.12. The molecule has 0 saturated heterocycles. The van der Waals surface area contributed by atoms with Crippen LogP contribution in [0.25, 0.3) is 0 Å². The summed E-state index contributed by atoms with van der Waals surface area (Å²) in [6.45, 7) is 4.21. The third kappa shape index (κ3) is 4.86. The van der Waals surface area contributed by atoms with Crippen molar-refractivity contribution in [1.82, 2.24) is 0 Å². The van der Waals surface area contributed by atoms with E-state index in [0.29, 0.717) is 5.41 Å². The summed E-state index contributed by atoms with van der Waals surface area (Å²) in [5.41, 5.74) is 0.503. The molecule has 0 aromatic carbocycles. The van der Waals surface area contributed by atoms with Gasteiger partial charge >= 0.3 is 0 Å². The molecule has 0 heterocycles. The van der Waals surface area contributed by atoms with Crippen molar-refractivity contribution in [3.8, 4) is 0 Å². The lowest BCUT2D eigenvalue weighted by Gasteiger charge is -2.40. The molecule has 0 amide bonds. The summed E-state index contributed by atoms with van der Waals surface area (Å²) >= 11 is 3.61. The van der Waals surface area contributed by atoms with Gasteiger partial charge in [-0.2, -0.15) is 0 Å². The van der Waals surface area contributed by atoms with Gasteiger partial charge in [0.1, 0.15) is 0 Å².